The van der Waals surface area contributed by atoms with Gasteiger partial charge in [0, 0.05) is 18.5 Å². The number of nitrogens with one attached hydrogen (secondary N) is 1. The van der Waals surface area contributed by atoms with Gasteiger partial charge in [0.05, 0.1) is 11.3 Å². The molecule has 0 aliphatic carbocycles. The second-order valence-corrected chi connectivity index (χ2v) is 6.76. The lowest BCUT2D eigenvalue weighted by Gasteiger charge is -2.15. The molecule has 1 saturated heterocycles. The molecule has 1 N–H and O–H groups in total. The van der Waals surface area contributed by atoms with E-state index in [-0.39, 0.29) is 30.2 Å². The molecule has 0 atom stereocenters. The highest BCUT2D eigenvalue weighted by atomic mass is 16.5. The largest absolute Gasteiger partial charge is 0.452 e. The molecule has 1 heterocycles. The summed E-state index contributed by atoms with van der Waals surface area (Å²) in [5, 5.41) is 2.79. The first-order valence-electron chi connectivity index (χ1n) is 9.42. The van der Waals surface area contributed by atoms with Crippen molar-refractivity contribution in [1.29, 1.82) is 0 Å². The monoisotopic (exact) mass is 394 g/mol. The number of hydrogen-bond donors (Lipinski definition) is 1. The molecule has 0 radical (unpaired) electrons. The zero-order valence-corrected chi connectivity index (χ0v) is 16.4. The van der Waals surface area contributed by atoms with Gasteiger partial charge >= 0.3 is 5.97 Å². The minimum absolute atomic E-state index is 0.159. The number of amides is 3. The zero-order chi connectivity index (χ0) is 21.0. The molecule has 3 amide bonds. The molecule has 3 rings (SSSR count). The maximum atomic E-state index is 12.3. The Morgan fingerprint density at radius 1 is 1.07 bits per heavy atom. The quantitative estimate of drug-likeness (QED) is 0.601. The number of esters is 1. The van der Waals surface area contributed by atoms with Gasteiger partial charge in [0.1, 0.15) is 0 Å². The molecule has 29 heavy (non-hydrogen) atoms. The Balaban J connectivity index is 1.64. The van der Waals surface area contributed by atoms with Crippen molar-refractivity contribution in [2.24, 2.45) is 0 Å². The number of imide groups is 1. The lowest BCUT2D eigenvalue weighted by molar-refractivity contribution is -0.121. The minimum atomic E-state index is -0.707. The van der Waals surface area contributed by atoms with E-state index < -0.39 is 18.5 Å². The van der Waals surface area contributed by atoms with E-state index in [4.69, 9.17) is 4.74 Å². The highest BCUT2D eigenvalue weighted by Crippen LogP contribution is 2.24. The number of rotatable bonds is 6. The molecule has 1 aliphatic rings. The third-order valence-electron chi connectivity index (χ3n) is 4.73. The first-order valence-corrected chi connectivity index (χ1v) is 9.42. The van der Waals surface area contributed by atoms with Crippen LogP contribution in [0.4, 0.5) is 11.4 Å². The number of benzene rings is 2. The van der Waals surface area contributed by atoms with Crippen molar-refractivity contribution < 1.29 is 23.9 Å². The summed E-state index contributed by atoms with van der Waals surface area (Å²) in [5.74, 6) is -1.75. The van der Waals surface area contributed by atoms with Gasteiger partial charge in [-0.25, -0.2) is 4.79 Å². The van der Waals surface area contributed by atoms with E-state index in [9.17, 15) is 19.2 Å². The summed E-state index contributed by atoms with van der Waals surface area (Å²) >= 11 is 0. The van der Waals surface area contributed by atoms with Crippen LogP contribution in [0, 0.1) is 6.92 Å². The van der Waals surface area contributed by atoms with Crippen LogP contribution in [0.1, 0.15) is 41.3 Å². The summed E-state index contributed by atoms with van der Waals surface area (Å²) in [4.78, 5) is 49.4. The molecule has 0 saturated carbocycles. The predicted molar refractivity (Wildman–Crippen MR) is 108 cm³/mol. The van der Waals surface area contributed by atoms with Gasteiger partial charge in [-0.3, -0.25) is 19.3 Å². The van der Waals surface area contributed by atoms with Crippen LogP contribution in [-0.2, 0) is 25.5 Å². The van der Waals surface area contributed by atoms with Crippen molar-refractivity contribution in [3.05, 3.63) is 59.2 Å². The molecule has 0 unspecified atom stereocenters. The van der Waals surface area contributed by atoms with Crippen LogP contribution >= 0.6 is 0 Å². The number of anilines is 2. The first kappa shape index (κ1) is 20.3. The zero-order valence-electron chi connectivity index (χ0n) is 16.4. The fourth-order valence-corrected chi connectivity index (χ4v) is 3.23. The van der Waals surface area contributed by atoms with Crippen LogP contribution in [0.3, 0.4) is 0 Å². The third-order valence-corrected chi connectivity index (χ3v) is 4.73. The molecule has 1 fully saturated rings. The average Bonchev–Trinajstić information content (AvgIpc) is 3.05. The lowest BCUT2D eigenvalue weighted by atomic mass is 10.1. The van der Waals surface area contributed by atoms with Crippen molar-refractivity contribution in [1.82, 2.24) is 0 Å². The highest BCUT2D eigenvalue weighted by molar-refractivity contribution is 6.20. The summed E-state index contributed by atoms with van der Waals surface area (Å²) in [7, 11) is 0. The van der Waals surface area contributed by atoms with Gasteiger partial charge in [0.15, 0.2) is 6.61 Å². The minimum Gasteiger partial charge on any atom is -0.452 e. The van der Waals surface area contributed by atoms with E-state index in [2.05, 4.69) is 5.32 Å². The van der Waals surface area contributed by atoms with Crippen molar-refractivity contribution in [3.8, 4) is 0 Å². The molecule has 2 aromatic carbocycles. The van der Waals surface area contributed by atoms with Crippen molar-refractivity contribution >= 4 is 35.1 Å². The van der Waals surface area contributed by atoms with E-state index in [1.807, 2.05) is 32.0 Å². The smallest absolute Gasteiger partial charge is 0.338 e. The van der Waals surface area contributed by atoms with Crippen LogP contribution in [0.25, 0.3) is 0 Å². The van der Waals surface area contributed by atoms with Crippen LogP contribution < -0.4 is 10.2 Å². The summed E-state index contributed by atoms with van der Waals surface area (Å²) in [5.41, 5.74) is 3.13. The Morgan fingerprint density at radius 3 is 2.45 bits per heavy atom. The van der Waals surface area contributed by atoms with Crippen molar-refractivity contribution in [3.63, 3.8) is 0 Å². The molecular weight excluding hydrogens is 372 g/mol. The highest BCUT2D eigenvalue weighted by Gasteiger charge is 2.30. The Hall–Kier alpha value is -3.48. The number of aryl methyl sites for hydroxylation is 2. The molecular formula is C22H22N2O5. The van der Waals surface area contributed by atoms with Crippen LogP contribution in [0.2, 0.25) is 0 Å². The molecule has 7 heteroatoms. The molecule has 2 aromatic rings. The van der Waals surface area contributed by atoms with E-state index in [1.54, 1.807) is 12.1 Å². The van der Waals surface area contributed by atoms with Crippen molar-refractivity contribution in [2.45, 2.75) is 33.1 Å². The Labute approximate surface area is 168 Å². The number of carbonyl (C=O) groups excluding carboxylic acids is 4. The van der Waals surface area contributed by atoms with Gasteiger partial charge in [0.25, 0.3) is 5.91 Å². The summed E-state index contributed by atoms with van der Waals surface area (Å²) in [6.45, 7) is 3.45. The molecule has 1 aliphatic heterocycles. The molecule has 0 bridgehead atoms. The van der Waals surface area contributed by atoms with Gasteiger partial charge in [-0.15, -0.1) is 0 Å². The van der Waals surface area contributed by atoms with E-state index >= 15 is 0 Å². The Bertz CT molecular complexity index is 967. The van der Waals surface area contributed by atoms with Gasteiger partial charge in [-0.1, -0.05) is 31.2 Å². The molecule has 0 spiro atoms. The first-order chi connectivity index (χ1) is 13.9. The van der Waals surface area contributed by atoms with Crippen LogP contribution in [0.15, 0.2) is 42.5 Å². The van der Waals surface area contributed by atoms with Gasteiger partial charge in [-0.05, 0) is 42.7 Å². The second-order valence-electron chi connectivity index (χ2n) is 6.76. The summed E-state index contributed by atoms with van der Waals surface area (Å²) in [6.07, 6.45) is 1.08. The summed E-state index contributed by atoms with van der Waals surface area (Å²) < 4.78 is 5.11. The van der Waals surface area contributed by atoms with Gasteiger partial charge < -0.3 is 10.1 Å². The fraction of sp³-hybridized carbons (Fsp3) is 0.273. The van der Waals surface area contributed by atoms with Crippen LogP contribution in [-0.4, -0.2) is 30.3 Å². The van der Waals surface area contributed by atoms with E-state index in [0.29, 0.717) is 5.69 Å². The topological polar surface area (TPSA) is 92.8 Å². The number of hydrogen-bond acceptors (Lipinski definition) is 5. The molecule has 7 nitrogen and oxygen atoms in total. The SMILES string of the molecule is CCc1cccc(C)c1NC(=O)COC(=O)c1cccc(N2C(=O)CCC2=O)c1. The third kappa shape index (κ3) is 4.51. The van der Waals surface area contributed by atoms with Gasteiger partial charge in [0.2, 0.25) is 11.8 Å². The predicted octanol–water partition coefficient (Wildman–Crippen LogP) is 3.01. The number of ether oxygens (including phenoxy) is 1. The van der Waals surface area contributed by atoms with Crippen molar-refractivity contribution in [2.75, 3.05) is 16.8 Å². The fourth-order valence-electron chi connectivity index (χ4n) is 3.23. The molecule has 0 aromatic heterocycles. The molecule has 150 valence electrons. The lowest BCUT2D eigenvalue weighted by Crippen LogP contribution is -2.28. The maximum Gasteiger partial charge on any atom is 0.338 e. The standard InChI is InChI=1S/C22H22N2O5/c1-3-15-7-4-6-14(2)21(15)23-18(25)13-29-22(28)16-8-5-9-17(12-16)24-19(26)10-11-20(24)27/h4-9,12H,3,10-11,13H2,1-2H3,(H,23,25). The number of nitrogens with zero attached hydrogens (tertiary/aromatic N) is 1. The number of para-hydroxylation sites is 1. The normalized spacial score (nSPS) is 13.5. The van der Waals surface area contributed by atoms with Gasteiger partial charge in [-0.2, -0.15) is 0 Å². The summed E-state index contributed by atoms with van der Waals surface area (Å²) in [6, 6.07) is 11.8. The maximum absolute atomic E-state index is 12.3. The van der Waals surface area contributed by atoms with E-state index in [0.717, 1.165) is 28.1 Å². The average molecular weight is 394 g/mol. The Kier molecular flexibility index (Phi) is 6.07. The number of carbonyl (C=O) groups is 4. The second kappa shape index (κ2) is 8.68. The Morgan fingerprint density at radius 2 is 1.76 bits per heavy atom. The van der Waals surface area contributed by atoms with Crippen LogP contribution in [0.5, 0.6) is 0 Å². The van der Waals surface area contributed by atoms with E-state index in [1.165, 1.54) is 12.1 Å².